The van der Waals surface area contributed by atoms with E-state index in [1.54, 1.807) is 39.8 Å². The first-order chi connectivity index (χ1) is 14.0. The Kier molecular flexibility index (Phi) is 7.43. The van der Waals surface area contributed by atoms with Gasteiger partial charge in [-0.2, -0.15) is 0 Å². The molecule has 0 aliphatic carbocycles. The third-order valence-electron chi connectivity index (χ3n) is 4.28. The molecule has 0 aromatic heterocycles. The Morgan fingerprint density at radius 3 is 2.50 bits per heavy atom. The van der Waals surface area contributed by atoms with Crippen molar-refractivity contribution in [3.63, 3.8) is 0 Å². The van der Waals surface area contributed by atoms with Crippen LogP contribution < -0.4 is 5.32 Å². The number of aryl methyl sites for hydroxylation is 1. The molecule has 0 aliphatic heterocycles. The van der Waals surface area contributed by atoms with Gasteiger partial charge in [0.1, 0.15) is 17.2 Å². The third kappa shape index (κ3) is 6.20. The predicted octanol–water partition coefficient (Wildman–Crippen LogP) is 5.03. The Balaban J connectivity index is 2.46. The van der Waals surface area contributed by atoms with E-state index >= 15 is 0 Å². The second-order valence-electron chi connectivity index (χ2n) is 7.91. The number of ether oxygens (including phenoxy) is 2. The minimum absolute atomic E-state index is 0.0506. The van der Waals surface area contributed by atoms with Gasteiger partial charge in [-0.3, -0.25) is 4.79 Å². The zero-order valence-electron chi connectivity index (χ0n) is 17.9. The summed E-state index contributed by atoms with van der Waals surface area (Å²) >= 11 is 0. The largest absolute Gasteiger partial charge is 0.507 e. The summed E-state index contributed by atoms with van der Waals surface area (Å²) in [5.74, 6) is -1.13. The number of rotatable bonds is 6. The number of alkyl carbamates (subject to hydrolysis) is 1. The fourth-order valence-corrected chi connectivity index (χ4v) is 3.07. The number of benzene rings is 2. The molecule has 0 unspecified atom stereocenters. The number of phenolic OH excluding ortho intramolecular Hbond substituents is 1. The third-order valence-corrected chi connectivity index (χ3v) is 4.28. The van der Waals surface area contributed by atoms with Crippen LogP contribution in [0.4, 0.5) is 9.18 Å². The fraction of sp³-hybridized carbons (Fsp3) is 0.391. The van der Waals surface area contributed by atoms with Crippen LogP contribution in [0.1, 0.15) is 51.3 Å². The molecule has 6 nitrogen and oxygen atoms in total. The first kappa shape index (κ1) is 23.2. The van der Waals surface area contributed by atoms with Crippen LogP contribution in [0.15, 0.2) is 36.4 Å². The fourth-order valence-electron chi connectivity index (χ4n) is 3.07. The van der Waals surface area contributed by atoms with Crippen molar-refractivity contribution in [2.75, 3.05) is 6.61 Å². The number of hydrogen-bond donors (Lipinski definition) is 2. The summed E-state index contributed by atoms with van der Waals surface area (Å²) in [6, 6.07) is 8.37. The molecule has 0 saturated carbocycles. The molecular weight excluding hydrogens is 389 g/mol. The summed E-state index contributed by atoms with van der Waals surface area (Å²) in [7, 11) is 0. The van der Waals surface area contributed by atoms with Crippen molar-refractivity contribution in [1.82, 2.24) is 5.32 Å². The number of hydrogen-bond acceptors (Lipinski definition) is 5. The SMILES string of the molecule is CCOC(=O)C[C@H](NC(=O)OC(C)(C)C)c1cc(-c2c(C)cccc2O)ccc1F. The zero-order valence-corrected chi connectivity index (χ0v) is 17.9. The molecule has 0 heterocycles. The highest BCUT2D eigenvalue weighted by atomic mass is 19.1. The molecule has 0 radical (unpaired) electrons. The highest BCUT2D eigenvalue weighted by Gasteiger charge is 2.26. The summed E-state index contributed by atoms with van der Waals surface area (Å²) < 4.78 is 25.0. The van der Waals surface area contributed by atoms with Crippen molar-refractivity contribution >= 4 is 12.1 Å². The number of halogens is 1. The van der Waals surface area contributed by atoms with E-state index in [2.05, 4.69) is 5.32 Å². The number of nitrogens with one attached hydrogen (secondary N) is 1. The number of carbonyl (C=O) groups is 2. The standard InChI is InChI=1S/C23H28FNO5/c1-6-29-20(27)13-18(25-22(28)30-23(3,4)5)16-12-15(10-11-17(16)24)21-14(2)8-7-9-19(21)26/h7-12,18,26H,6,13H2,1-5H3,(H,25,28)/t18-/m0/s1. The summed E-state index contributed by atoms with van der Waals surface area (Å²) in [4.78, 5) is 24.4. The molecule has 0 aliphatic rings. The second kappa shape index (κ2) is 9.61. The average Bonchev–Trinajstić information content (AvgIpc) is 2.61. The van der Waals surface area contributed by atoms with Crippen LogP contribution in [0.3, 0.4) is 0 Å². The van der Waals surface area contributed by atoms with E-state index in [0.717, 1.165) is 5.56 Å². The molecule has 2 aromatic carbocycles. The van der Waals surface area contributed by atoms with Crippen LogP contribution in [0, 0.1) is 12.7 Å². The molecule has 2 rings (SSSR count). The maximum Gasteiger partial charge on any atom is 0.408 e. The topological polar surface area (TPSA) is 84.9 Å². The molecule has 7 heteroatoms. The Morgan fingerprint density at radius 2 is 1.90 bits per heavy atom. The van der Waals surface area contributed by atoms with Gasteiger partial charge in [-0.25, -0.2) is 9.18 Å². The van der Waals surface area contributed by atoms with Gasteiger partial charge >= 0.3 is 12.1 Å². The van der Waals surface area contributed by atoms with E-state index in [-0.39, 0.29) is 24.3 Å². The van der Waals surface area contributed by atoms with Crippen molar-refractivity contribution in [2.45, 2.75) is 52.7 Å². The Morgan fingerprint density at radius 1 is 1.20 bits per heavy atom. The van der Waals surface area contributed by atoms with Crippen LogP contribution in [0.25, 0.3) is 11.1 Å². The number of aromatic hydroxyl groups is 1. The summed E-state index contributed by atoms with van der Waals surface area (Å²) in [6.07, 6.45) is -1.05. The van der Waals surface area contributed by atoms with Crippen LogP contribution in [0.5, 0.6) is 5.75 Å². The van der Waals surface area contributed by atoms with Gasteiger partial charge in [0.25, 0.3) is 0 Å². The van der Waals surface area contributed by atoms with Gasteiger partial charge in [0.2, 0.25) is 0 Å². The molecule has 1 amide bonds. The molecule has 0 fully saturated rings. The van der Waals surface area contributed by atoms with E-state index in [9.17, 15) is 19.1 Å². The Labute approximate surface area is 176 Å². The van der Waals surface area contributed by atoms with E-state index < -0.39 is 29.5 Å². The van der Waals surface area contributed by atoms with Crippen LogP contribution in [-0.4, -0.2) is 29.4 Å². The molecule has 30 heavy (non-hydrogen) atoms. The summed E-state index contributed by atoms with van der Waals surface area (Å²) in [6.45, 7) is 8.76. The minimum Gasteiger partial charge on any atom is -0.507 e. The Bertz CT molecular complexity index is 900. The predicted molar refractivity (Wildman–Crippen MR) is 112 cm³/mol. The Hall–Kier alpha value is -3.09. The molecule has 0 spiro atoms. The second-order valence-corrected chi connectivity index (χ2v) is 7.91. The minimum atomic E-state index is -1.01. The van der Waals surface area contributed by atoms with E-state index in [1.165, 1.54) is 18.2 Å². The molecule has 2 aromatic rings. The zero-order chi connectivity index (χ0) is 22.5. The normalized spacial score (nSPS) is 12.2. The van der Waals surface area contributed by atoms with Crippen LogP contribution in [0.2, 0.25) is 0 Å². The van der Waals surface area contributed by atoms with Crippen LogP contribution >= 0.6 is 0 Å². The molecule has 162 valence electrons. The maximum absolute atomic E-state index is 14.8. The molecule has 0 saturated heterocycles. The van der Waals surface area contributed by atoms with E-state index in [4.69, 9.17) is 9.47 Å². The van der Waals surface area contributed by atoms with Gasteiger partial charge in [0.15, 0.2) is 0 Å². The molecular formula is C23H28FNO5. The lowest BCUT2D eigenvalue weighted by molar-refractivity contribution is -0.143. The highest BCUT2D eigenvalue weighted by molar-refractivity contribution is 5.76. The average molecular weight is 417 g/mol. The lowest BCUT2D eigenvalue weighted by Crippen LogP contribution is -2.36. The van der Waals surface area contributed by atoms with Crippen molar-refractivity contribution < 1.29 is 28.6 Å². The lowest BCUT2D eigenvalue weighted by atomic mass is 9.94. The van der Waals surface area contributed by atoms with Crippen molar-refractivity contribution in [1.29, 1.82) is 0 Å². The molecule has 1 atom stereocenters. The van der Waals surface area contributed by atoms with Gasteiger partial charge in [-0.05, 0) is 63.9 Å². The number of phenols is 1. The van der Waals surface area contributed by atoms with Crippen molar-refractivity contribution in [3.8, 4) is 16.9 Å². The van der Waals surface area contributed by atoms with Gasteiger partial charge < -0.3 is 19.9 Å². The first-order valence-electron chi connectivity index (χ1n) is 9.75. The van der Waals surface area contributed by atoms with Crippen molar-refractivity contribution in [3.05, 3.63) is 53.3 Å². The lowest BCUT2D eigenvalue weighted by Gasteiger charge is -2.24. The number of carbonyl (C=O) groups excluding carboxylic acids is 2. The van der Waals surface area contributed by atoms with Crippen molar-refractivity contribution in [2.24, 2.45) is 0 Å². The highest BCUT2D eigenvalue weighted by Crippen LogP contribution is 2.35. The van der Waals surface area contributed by atoms with E-state index in [1.807, 2.05) is 13.0 Å². The van der Waals surface area contributed by atoms with Crippen LogP contribution in [-0.2, 0) is 14.3 Å². The molecule has 2 N–H and O–H groups in total. The first-order valence-corrected chi connectivity index (χ1v) is 9.75. The smallest absolute Gasteiger partial charge is 0.408 e. The summed E-state index contributed by atoms with van der Waals surface area (Å²) in [5, 5.41) is 12.8. The maximum atomic E-state index is 14.8. The van der Waals surface area contributed by atoms with Gasteiger partial charge in [0.05, 0.1) is 19.1 Å². The van der Waals surface area contributed by atoms with Gasteiger partial charge in [-0.15, -0.1) is 0 Å². The number of esters is 1. The van der Waals surface area contributed by atoms with Gasteiger partial charge in [0, 0.05) is 11.1 Å². The monoisotopic (exact) mass is 417 g/mol. The van der Waals surface area contributed by atoms with E-state index in [0.29, 0.717) is 11.1 Å². The quantitative estimate of drug-likeness (QED) is 0.644. The summed E-state index contributed by atoms with van der Waals surface area (Å²) in [5.41, 5.74) is 1.24. The molecule has 0 bridgehead atoms. The van der Waals surface area contributed by atoms with Gasteiger partial charge in [-0.1, -0.05) is 18.2 Å². The number of amides is 1.